The Morgan fingerprint density at radius 1 is 1.14 bits per heavy atom. The molecule has 2 heterocycles. The maximum atomic E-state index is 12.5. The highest BCUT2D eigenvalue weighted by Crippen LogP contribution is 2.37. The molecule has 0 spiro atoms. The van der Waals surface area contributed by atoms with Crippen molar-refractivity contribution in [2.24, 2.45) is 0 Å². The quantitative estimate of drug-likeness (QED) is 0.912. The molecule has 120 valence electrons. The molecular weight excluding hydrogens is 282 g/mol. The second kappa shape index (κ2) is 5.16. The minimum atomic E-state index is -0.382. The molecule has 1 aromatic carbocycles. The maximum Gasteiger partial charge on any atom is 0.251 e. The van der Waals surface area contributed by atoms with Gasteiger partial charge in [-0.1, -0.05) is 0 Å². The van der Waals surface area contributed by atoms with E-state index in [0.717, 1.165) is 6.42 Å². The second-order valence-corrected chi connectivity index (χ2v) is 7.05. The van der Waals surface area contributed by atoms with Crippen LogP contribution in [0.2, 0.25) is 0 Å². The van der Waals surface area contributed by atoms with Crippen molar-refractivity contribution in [3.8, 4) is 11.5 Å². The van der Waals surface area contributed by atoms with E-state index in [9.17, 15) is 4.79 Å². The van der Waals surface area contributed by atoms with Crippen molar-refractivity contribution >= 4 is 5.91 Å². The Morgan fingerprint density at radius 3 is 2.45 bits per heavy atom. The van der Waals surface area contributed by atoms with Crippen molar-refractivity contribution in [1.29, 1.82) is 0 Å². The SMILES string of the molecule is CC1(C)CC(NC(=O)c2ccc3c(c2)OCCO3)C(C)(C)O1. The molecule has 22 heavy (non-hydrogen) atoms. The monoisotopic (exact) mass is 305 g/mol. The van der Waals surface area contributed by atoms with Gasteiger partial charge in [-0.05, 0) is 52.3 Å². The van der Waals surface area contributed by atoms with Crippen LogP contribution in [0.25, 0.3) is 0 Å². The first kappa shape index (κ1) is 15.2. The first-order chi connectivity index (χ1) is 10.3. The summed E-state index contributed by atoms with van der Waals surface area (Å²) in [7, 11) is 0. The van der Waals surface area contributed by atoms with Gasteiger partial charge in [0.05, 0.1) is 17.2 Å². The summed E-state index contributed by atoms with van der Waals surface area (Å²) in [5, 5.41) is 3.09. The third-order valence-corrected chi connectivity index (χ3v) is 4.18. The lowest BCUT2D eigenvalue weighted by atomic mass is 9.94. The number of fused-ring (bicyclic) bond motifs is 1. The van der Waals surface area contributed by atoms with E-state index >= 15 is 0 Å². The molecule has 0 radical (unpaired) electrons. The smallest absolute Gasteiger partial charge is 0.251 e. The Hall–Kier alpha value is -1.75. The minimum Gasteiger partial charge on any atom is -0.486 e. The number of hydrogen-bond donors (Lipinski definition) is 1. The van der Waals surface area contributed by atoms with Crippen LogP contribution in [0.4, 0.5) is 0 Å². The molecule has 1 atom stereocenters. The third-order valence-electron chi connectivity index (χ3n) is 4.18. The summed E-state index contributed by atoms with van der Waals surface area (Å²) in [5.41, 5.74) is -0.0360. The largest absolute Gasteiger partial charge is 0.486 e. The highest BCUT2D eigenvalue weighted by molar-refractivity contribution is 5.95. The van der Waals surface area contributed by atoms with Gasteiger partial charge >= 0.3 is 0 Å². The third kappa shape index (κ3) is 2.90. The summed E-state index contributed by atoms with van der Waals surface area (Å²) in [5.74, 6) is 1.20. The molecule has 1 N–H and O–H groups in total. The van der Waals surface area contributed by atoms with Crippen LogP contribution in [0.1, 0.15) is 44.5 Å². The van der Waals surface area contributed by atoms with Crippen molar-refractivity contribution in [1.82, 2.24) is 5.32 Å². The second-order valence-electron chi connectivity index (χ2n) is 7.05. The standard InChI is InChI=1S/C17H23NO4/c1-16(2)10-14(17(3,4)22-16)18-15(19)11-5-6-12-13(9-11)21-8-7-20-12/h5-6,9,14H,7-8,10H2,1-4H3,(H,18,19). The molecule has 0 aromatic heterocycles. The number of nitrogens with one attached hydrogen (secondary N) is 1. The Morgan fingerprint density at radius 2 is 1.82 bits per heavy atom. The highest BCUT2D eigenvalue weighted by atomic mass is 16.6. The van der Waals surface area contributed by atoms with Crippen molar-refractivity contribution in [2.45, 2.75) is 51.4 Å². The molecule has 2 aliphatic rings. The number of ether oxygens (including phenoxy) is 3. The molecule has 1 aromatic rings. The summed E-state index contributed by atoms with van der Waals surface area (Å²) < 4.78 is 17.0. The number of hydrogen-bond acceptors (Lipinski definition) is 4. The van der Waals surface area contributed by atoms with E-state index in [1.165, 1.54) is 0 Å². The highest BCUT2D eigenvalue weighted by Gasteiger charge is 2.46. The Labute approximate surface area is 130 Å². The predicted octanol–water partition coefficient (Wildman–Crippen LogP) is 2.53. The lowest BCUT2D eigenvalue weighted by Gasteiger charge is -2.27. The molecule has 1 amide bonds. The molecule has 1 unspecified atom stereocenters. The number of amides is 1. The van der Waals surface area contributed by atoms with Crippen LogP contribution in [0.5, 0.6) is 11.5 Å². The van der Waals surface area contributed by atoms with Gasteiger partial charge in [0.1, 0.15) is 13.2 Å². The average Bonchev–Trinajstić information content (AvgIpc) is 2.65. The number of carbonyl (C=O) groups excluding carboxylic acids is 1. The summed E-state index contributed by atoms with van der Waals surface area (Å²) >= 11 is 0. The van der Waals surface area contributed by atoms with Crippen molar-refractivity contribution < 1.29 is 19.0 Å². The van der Waals surface area contributed by atoms with E-state index < -0.39 is 0 Å². The van der Waals surface area contributed by atoms with Gasteiger partial charge in [0.2, 0.25) is 0 Å². The van der Waals surface area contributed by atoms with Gasteiger partial charge in [-0.25, -0.2) is 0 Å². The van der Waals surface area contributed by atoms with Crippen LogP contribution in [0.15, 0.2) is 18.2 Å². The molecule has 1 fully saturated rings. The van der Waals surface area contributed by atoms with Crippen LogP contribution in [0.3, 0.4) is 0 Å². The fraction of sp³-hybridized carbons (Fsp3) is 0.588. The van der Waals surface area contributed by atoms with Gasteiger partial charge in [-0.15, -0.1) is 0 Å². The minimum absolute atomic E-state index is 0.0248. The average molecular weight is 305 g/mol. The zero-order valence-electron chi connectivity index (χ0n) is 13.6. The summed E-state index contributed by atoms with van der Waals surface area (Å²) in [6, 6.07) is 5.25. The maximum absolute atomic E-state index is 12.5. The van der Waals surface area contributed by atoms with Crippen LogP contribution < -0.4 is 14.8 Å². The van der Waals surface area contributed by atoms with E-state index in [4.69, 9.17) is 14.2 Å². The summed E-state index contributed by atoms with van der Waals surface area (Å²) in [6.45, 7) is 9.17. The van der Waals surface area contributed by atoms with E-state index in [1.54, 1.807) is 18.2 Å². The van der Waals surface area contributed by atoms with Crippen molar-refractivity contribution in [3.05, 3.63) is 23.8 Å². The molecular formula is C17H23NO4. The normalized spacial score (nSPS) is 24.8. The molecule has 1 saturated heterocycles. The van der Waals surface area contributed by atoms with E-state index in [1.807, 2.05) is 27.7 Å². The van der Waals surface area contributed by atoms with Crippen LogP contribution in [0, 0.1) is 0 Å². The molecule has 0 saturated carbocycles. The number of carbonyl (C=O) groups is 1. The van der Waals surface area contributed by atoms with Gasteiger partial charge in [-0.3, -0.25) is 4.79 Å². The number of rotatable bonds is 2. The fourth-order valence-corrected chi connectivity index (χ4v) is 3.21. The van der Waals surface area contributed by atoms with Gasteiger partial charge in [0.25, 0.3) is 5.91 Å². The fourth-order valence-electron chi connectivity index (χ4n) is 3.21. The van der Waals surface area contributed by atoms with E-state index in [2.05, 4.69) is 5.32 Å². The van der Waals surface area contributed by atoms with E-state index in [-0.39, 0.29) is 23.2 Å². The van der Waals surface area contributed by atoms with Crippen molar-refractivity contribution in [2.75, 3.05) is 13.2 Å². The Bertz CT molecular complexity index is 594. The zero-order valence-corrected chi connectivity index (χ0v) is 13.6. The van der Waals surface area contributed by atoms with Gasteiger partial charge in [0.15, 0.2) is 11.5 Å². The molecule has 5 nitrogen and oxygen atoms in total. The summed E-state index contributed by atoms with van der Waals surface area (Å²) in [4.78, 5) is 12.5. The van der Waals surface area contributed by atoms with Gasteiger partial charge < -0.3 is 19.5 Å². The molecule has 0 aliphatic carbocycles. The van der Waals surface area contributed by atoms with Gasteiger partial charge in [0, 0.05) is 5.56 Å². The first-order valence-corrected chi connectivity index (χ1v) is 7.68. The van der Waals surface area contributed by atoms with Crippen LogP contribution >= 0.6 is 0 Å². The van der Waals surface area contributed by atoms with Crippen molar-refractivity contribution in [3.63, 3.8) is 0 Å². The van der Waals surface area contributed by atoms with Crippen LogP contribution in [-0.4, -0.2) is 36.4 Å². The predicted molar refractivity (Wildman–Crippen MR) is 82.5 cm³/mol. The summed E-state index contributed by atoms with van der Waals surface area (Å²) in [6.07, 6.45) is 0.788. The lowest BCUT2D eigenvalue weighted by Crippen LogP contribution is -2.46. The van der Waals surface area contributed by atoms with E-state index in [0.29, 0.717) is 30.3 Å². The van der Waals surface area contributed by atoms with Gasteiger partial charge in [-0.2, -0.15) is 0 Å². The molecule has 0 bridgehead atoms. The zero-order chi connectivity index (χ0) is 16.0. The molecule has 2 aliphatic heterocycles. The Kier molecular flexibility index (Phi) is 3.56. The molecule has 5 heteroatoms. The number of benzene rings is 1. The topological polar surface area (TPSA) is 56.8 Å². The van der Waals surface area contributed by atoms with Crippen LogP contribution in [-0.2, 0) is 4.74 Å². The first-order valence-electron chi connectivity index (χ1n) is 7.68. The lowest BCUT2D eigenvalue weighted by molar-refractivity contribution is -0.0693. The molecule has 3 rings (SSSR count). The Balaban J connectivity index is 1.75.